The zero-order chi connectivity index (χ0) is 13.0. The summed E-state index contributed by atoms with van der Waals surface area (Å²) in [5.74, 6) is -0.0896. The van der Waals surface area contributed by atoms with Crippen molar-refractivity contribution in [2.75, 3.05) is 0 Å². The first-order valence-electron chi connectivity index (χ1n) is 5.40. The number of hydrogen-bond donors (Lipinski definition) is 2. The average molecular weight is 267 g/mol. The van der Waals surface area contributed by atoms with E-state index in [1.165, 1.54) is 6.07 Å². The van der Waals surface area contributed by atoms with E-state index >= 15 is 0 Å². The van der Waals surface area contributed by atoms with Crippen molar-refractivity contribution >= 4 is 35.3 Å². The van der Waals surface area contributed by atoms with Crippen LogP contribution in [0.2, 0.25) is 0 Å². The molecule has 0 saturated carbocycles. The van der Waals surface area contributed by atoms with Crippen LogP contribution >= 0.6 is 0 Å². The first-order valence-corrected chi connectivity index (χ1v) is 5.40. The van der Waals surface area contributed by atoms with Gasteiger partial charge in [-0.2, -0.15) is 0 Å². The maximum Gasteiger partial charge on any atom is 0.310 e. The van der Waals surface area contributed by atoms with E-state index in [0.717, 1.165) is 0 Å². The van der Waals surface area contributed by atoms with Crippen LogP contribution in [0.3, 0.4) is 0 Å². The van der Waals surface area contributed by atoms with Crippen molar-refractivity contribution in [3.05, 3.63) is 65.7 Å². The molecule has 0 aliphatic heterocycles. The maximum absolute atomic E-state index is 12.2. The molecule has 0 heterocycles. The van der Waals surface area contributed by atoms with E-state index in [4.69, 9.17) is 14.9 Å². The number of aliphatic hydroxyl groups is 2. The monoisotopic (exact) mass is 267 g/mol. The number of aliphatic hydroxyl groups excluding tert-OH is 1. The van der Waals surface area contributed by atoms with Gasteiger partial charge in [0.05, 0.1) is 5.56 Å². The van der Waals surface area contributed by atoms with Gasteiger partial charge >= 0.3 is 6.48 Å². The largest absolute Gasteiger partial charge is 0.441 e. The summed E-state index contributed by atoms with van der Waals surface area (Å²) in [5.41, 5.74) is 0.803. The summed E-state index contributed by atoms with van der Waals surface area (Å²) in [5, 5.41) is 17.6. The standard InChI is InChI=1S/C14H12O4.Na/c15-13(10-6-2-1-3-7-10)11-8-4-5-9-12(11)18-14(16)17;/h1-9,14,16-17H;. The molecule has 0 aliphatic rings. The van der Waals surface area contributed by atoms with Gasteiger partial charge in [0, 0.05) is 35.1 Å². The summed E-state index contributed by atoms with van der Waals surface area (Å²) in [6, 6.07) is 15.1. The molecule has 0 aliphatic carbocycles. The van der Waals surface area contributed by atoms with E-state index in [9.17, 15) is 4.79 Å². The third kappa shape index (κ3) is 4.16. The molecule has 2 rings (SSSR count). The van der Waals surface area contributed by atoms with Crippen molar-refractivity contribution < 1.29 is 19.7 Å². The molecular weight excluding hydrogens is 255 g/mol. The molecule has 2 N–H and O–H groups in total. The molecule has 93 valence electrons. The number of benzene rings is 2. The van der Waals surface area contributed by atoms with Crippen LogP contribution in [0.5, 0.6) is 5.75 Å². The molecular formula is C14H12NaO4. The molecule has 0 spiro atoms. The van der Waals surface area contributed by atoms with Gasteiger partial charge in [0.2, 0.25) is 0 Å². The third-order valence-corrected chi connectivity index (χ3v) is 2.40. The van der Waals surface area contributed by atoms with Crippen LogP contribution in [0.1, 0.15) is 15.9 Å². The number of carbonyl (C=O) groups excluding carboxylic acids is 1. The molecule has 0 amide bonds. The molecule has 5 heteroatoms. The Morgan fingerprint density at radius 2 is 1.53 bits per heavy atom. The van der Waals surface area contributed by atoms with Crippen LogP contribution in [0.25, 0.3) is 0 Å². The molecule has 0 unspecified atom stereocenters. The summed E-state index contributed by atoms with van der Waals surface area (Å²) >= 11 is 0. The molecule has 0 aromatic heterocycles. The zero-order valence-corrected chi connectivity index (χ0v) is 12.5. The summed E-state index contributed by atoms with van der Waals surface area (Å²) in [6.07, 6.45) is 0. The second kappa shape index (κ2) is 7.43. The maximum atomic E-state index is 12.2. The van der Waals surface area contributed by atoms with E-state index in [1.807, 2.05) is 6.07 Å². The van der Waals surface area contributed by atoms with Crippen molar-refractivity contribution in [1.29, 1.82) is 0 Å². The number of carbonyl (C=O) groups is 1. The first kappa shape index (κ1) is 15.9. The van der Waals surface area contributed by atoms with E-state index in [-0.39, 0.29) is 46.7 Å². The van der Waals surface area contributed by atoms with Crippen LogP contribution in [-0.4, -0.2) is 52.0 Å². The van der Waals surface area contributed by atoms with Gasteiger partial charge in [-0.1, -0.05) is 42.5 Å². The topological polar surface area (TPSA) is 66.8 Å². The van der Waals surface area contributed by atoms with E-state index in [1.54, 1.807) is 42.5 Å². The molecule has 4 nitrogen and oxygen atoms in total. The summed E-state index contributed by atoms with van der Waals surface area (Å²) in [4.78, 5) is 12.2. The van der Waals surface area contributed by atoms with Crippen molar-refractivity contribution in [3.8, 4) is 5.75 Å². The second-order valence-electron chi connectivity index (χ2n) is 3.64. The second-order valence-corrected chi connectivity index (χ2v) is 3.64. The van der Waals surface area contributed by atoms with Gasteiger partial charge in [0.25, 0.3) is 0 Å². The van der Waals surface area contributed by atoms with E-state index in [2.05, 4.69) is 0 Å². The molecule has 2 aromatic rings. The fraction of sp³-hybridized carbons (Fsp3) is 0.0714. The zero-order valence-electron chi connectivity index (χ0n) is 10.5. The molecule has 0 fully saturated rings. The Morgan fingerprint density at radius 3 is 2.16 bits per heavy atom. The Balaban J connectivity index is 0.00000180. The quantitative estimate of drug-likeness (QED) is 0.496. The predicted octanol–water partition coefficient (Wildman–Crippen LogP) is 1.18. The number of ketones is 1. The minimum atomic E-state index is -1.95. The van der Waals surface area contributed by atoms with Crippen LogP contribution < -0.4 is 4.74 Å². The summed E-state index contributed by atoms with van der Waals surface area (Å²) in [7, 11) is 0. The Labute approximate surface area is 132 Å². The summed E-state index contributed by atoms with van der Waals surface area (Å²) < 4.78 is 4.78. The van der Waals surface area contributed by atoms with Gasteiger partial charge in [-0.3, -0.25) is 4.79 Å². The fourth-order valence-corrected chi connectivity index (χ4v) is 1.62. The summed E-state index contributed by atoms with van der Waals surface area (Å²) in [6.45, 7) is -1.95. The number of hydrogen-bond acceptors (Lipinski definition) is 4. The van der Waals surface area contributed by atoms with Crippen LogP contribution in [0.15, 0.2) is 54.6 Å². The van der Waals surface area contributed by atoms with Gasteiger partial charge in [-0.05, 0) is 12.1 Å². The van der Waals surface area contributed by atoms with Crippen molar-refractivity contribution in [3.63, 3.8) is 0 Å². The molecule has 0 bridgehead atoms. The normalized spacial score (nSPS) is 9.84. The van der Waals surface area contributed by atoms with Crippen LogP contribution in [0, 0.1) is 0 Å². The molecule has 1 radical (unpaired) electrons. The first-order chi connectivity index (χ1) is 8.68. The van der Waals surface area contributed by atoms with E-state index in [0.29, 0.717) is 5.56 Å². The van der Waals surface area contributed by atoms with Gasteiger partial charge in [0.15, 0.2) is 5.78 Å². The Hall–Kier alpha value is -1.17. The molecule has 19 heavy (non-hydrogen) atoms. The fourth-order valence-electron chi connectivity index (χ4n) is 1.62. The van der Waals surface area contributed by atoms with Crippen molar-refractivity contribution in [2.45, 2.75) is 6.48 Å². The van der Waals surface area contributed by atoms with Crippen LogP contribution in [0.4, 0.5) is 0 Å². The van der Waals surface area contributed by atoms with E-state index < -0.39 is 6.48 Å². The SMILES string of the molecule is O=C(c1ccccc1)c1ccccc1OC(O)O.[Na]. The van der Waals surface area contributed by atoms with Crippen molar-refractivity contribution in [2.24, 2.45) is 0 Å². The number of para-hydroxylation sites is 1. The van der Waals surface area contributed by atoms with Gasteiger partial charge < -0.3 is 14.9 Å². The number of ether oxygens (including phenoxy) is 1. The minimum absolute atomic E-state index is 0. The average Bonchev–Trinajstić information content (AvgIpc) is 2.39. The third-order valence-electron chi connectivity index (χ3n) is 2.40. The van der Waals surface area contributed by atoms with Gasteiger partial charge in [0.1, 0.15) is 5.75 Å². The predicted molar refractivity (Wildman–Crippen MR) is 70.9 cm³/mol. The van der Waals surface area contributed by atoms with Crippen LogP contribution in [-0.2, 0) is 0 Å². The Bertz CT molecular complexity index is 540. The Kier molecular flexibility index (Phi) is 6.21. The van der Waals surface area contributed by atoms with Gasteiger partial charge in [-0.15, -0.1) is 0 Å². The minimum Gasteiger partial charge on any atom is -0.441 e. The number of rotatable bonds is 4. The van der Waals surface area contributed by atoms with Gasteiger partial charge in [-0.25, -0.2) is 0 Å². The molecule has 0 atom stereocenters. The smallest absolute Gasteiger partial charge is 0.310 e. The molecule has 0 saturated heterocycles. The van der Waals surface area contributed by atoms with Crippen molar-refractivity contribution in [1.82, 2.24) is 0 Å². The Morgan fingerprint density at radius 1 is 0.947 bits per heavy atom. The molecule has 2 aromatic carbocycles.